The fraction of sp³-hybridized carbons (Fsp3) is 0.0769. The molecule has 0 saturated heterocycles. The van der Waals surface area contributed by atoms with Gasteiger partial charge >= 0.3 is 0 Å². The Hall–Kier alpha value is -4.12. The zero-order valence-corrected chi connectivity index (χ0v) is 20.2. The maximum absolute atomic E-state index is 13.3. The molecule has 4 aromatic rings. The SMILES string of the molecule is Cc1ccc(Oc2nc3ccccn3c(=O)c2/C=C(/C#N)C(=O)Nc2cccc(Cl)c2Cl)c(C)c1. The number of carbonyl (C=O) groups is 1. The highest BCUT2D eigenvalue weighted by molar-refractivity contribution is 6.44. The van der Waals surface area contributed by atoms with Crippen LogP contribution in [-0.4, -0.2) is 15.3 Å². The molecule has 2 aromatic heterocycles. The standard InChI is InChI=1S/C26H18Cl2N4O3/c1-15-9-10-21(16(2)12-15)35-25-18(26(34)32-11-4-3-8-22(32)31-25)13-17(14-29)24(33)30-20-7-5-6-19(27)23(20)28/h3-13H,1-2H3,(H,30,33)/b17-13-. The van der Waals surface area contributed by atoms with E-state index in [1.165, 1.54) is 4.40 Å². The third-order valence-electron chi connectivity index (χ3n) is 5.12. The van der Waals surface area contributed by atoms with Crippen molar-refractivity contribution in [3.8, 4) is 17.7 Å². The number of pyridine rings is 1. The molecule has 2 heterocycles. The van der Waals surface area contributed by atoms with Gasteiger partial charge in [0.25, 0.3) is 11.5 Å². The molecule has 7 nitrogen and oxygen atoms in total. The van der Waals surface area contributed by atoms with Gasteiger partial charge < -0.3 is 10.1 Å². The summed E-state index contributed by atoms with van der Waals surface area (Å²) >= 11 is 12.2. The molecule has 9 heteroatoms. The number of benzene rings is 2. The van der Waals surface area contributed by atoms with Crippen molar-refractivity contribution in [2.45, 2.75) is 13.8 Å². The van der Waals surface area contributed by atoms with Crippen LogP contribution < -0.4 is 15.6 Å². The van der Waals surface area contributed by atoms with Gasteiger partial charge in [0.1, 0.15) is 28.6 Å². The molecule has 0 bridgehead atoms. The number of anilines is 1. The molecule has 0 spiro atoms. The Kier molecular flexibility index (Phi) is 6.87. The molecule has 0 unspecified atom stereocenters. The van der Waals surface area contributed by atoms with Crippen molar-refractivity contribution in [1.29, 1.82) is 5.26 Å². The summed E-state index contributed by atoms with van der Waals surface area (Å²) in [5, 5.41) is 12.6. The topological polar surface area (TPSA) is 96.5 Å². The number of aryl methyl sites for hydroxylation is 2. The van der Waals surface area contributed by atoms with E-state index in [9.17, 15) is 14.9 Å². The lowest BCUT2D eigenvalue weighted by atomic mass is 10.1. The number of ether oxygens (including phenoxy) is 1. The Labute approximate surface area is 210 Å². The fourth-order valence-corrected chi connectivity index (χ4v) is 3.73. The van der Waals surface area contributed by atoms with E-state index in [-0.39, 0.29) is 32.7 Å². The lowest BCUT2D eigenvalue weighted by Crippen LogP contribution is -2.20. The van der Waals surface area contributed by atoms with Crippen molar-refractivity contribution in [1.82, 2.24) is 9.38 Å². The number of carbonyl (C=O) groups excluding carboxylic acids is 1. The third kappa shape index (κ3) is 5.04. The van der Waals surface area contributed by atoms with Crippen molar-refractivity contribution < 1.29 is 9.53 Å². The van der Waals surface area contributed by atoms with E-state index < -0.39 is 11.5 Å². The molecule has 1 N–H and O–H groups in total. The van der Waals surface area contributed by atoms with E-state index in [0.717, 1.165) is 17.2 Å². The van der Waals surface area contributed by atoms with Gasteiger partial charge in [-0.2, -0.15) is 10.2 Å². The summed E-state index contributed by atoms with van der Waals surface area (Å²) in [5.74, 6) is -0.313. The van der Waals surface area contributed by atoms with E-state index in [0.29, 0.717) is 11.4 Å². The van der Waals surface area contributed by atoms with Crippen molar-refractivity contribution in [3.05, 3.63) is 103 Å². The van der Waals surface area contributed by atoms with Gasteiger partial charge in [0.2, 0.25) is 5.88 Å². The van der Waals surface area contributed by atoms with Gasteiger partial charge in [0, 0.05) is 6.20 Å². The highest BCUT2D eigenvalue weighted by Crippen LogP contribution is 2.30. The summed E-state index contributed by atoms with van der Waals surface area (Å²) in [5.41, 5.74) is 1.55. The van der Waals surface area contributed by atoms with Gasteiger partial charge in [0.05, 0.1) is 15.7 Å². The van der Waals surface area contributed by atoms with Gasteiger partial charge in [0.15, 0.2) is 0 Å². The number of nitrogens with one attached hydrogen (secondary N) is 1. The predicted octanol–water partition coefficient (Wildman–Crippen LogP) is 5.96. The molecule has 0 aliphatic heterocycles. The molecule has 2 aromatic carbocycles. The van der Waals surface area contributed by atoms with Crippen LogP contribution >= 0.6 is 23.2 Å². The largest absolute Gasteiger partial charge is 0.438 e. The smallest absolute Gasteiger partial charge is 0.269 e. The van der Waals surface area contributed by atoms with Crippen molar-refractivity contribution >= 4 is 46.5 Å². The normalized spacial score (nSPS) is 11.2. The Morgan fingerprint density at radius 1 is 1.14 bits per heavy atom. The molecule has 0 atom stereocenters. The van der Waals surface area contributed by atoms with Gasteiger partial charge in [-0.3, -0.25) is 14.0 Å². The second kappa shape index (κ2) is 10.0. The Bertz CT molecular complexity index is 1600. The minimum atomic E-state index is -0.772. The second-order valence-electron chi connectivity index (χ2n) is 7.66. The highest BCUT2D eigenvalue weighted by atomic mass is 35.5. The van der Waals surface area contributed by atoms with Crippen molar-refractivity contribution in [2.75, 3.05) is 5.32 Å². The van der Waals surface area contributed by atoms with Crippen LogP contribution in [0.1, 0.15) is 16.7 Å². The summed E-state index contributed by atoms with van der Waals surface area (Å²) in [6.45, 7) is 3.82. The first kappa shape index (κ1) is 24.0. The van der Waals surface area contributed by atoms with Crippen LogP contribution in [0.3, 0.4) is 0 Å². The molecule has 0 aliphatic carbocycles. The molecule has 174 valence electrons. The van der Waals surface area contributed by atoms with E-state index >= 15 is 0 Å². The summed E-state index contributed by atoms with van der Waals surface area (Å²) in [6, 6.07) is 17.2. The minimum Gasteiger partial charge on any atom is -0.438 e. The summed E-state index contributed by atoms with van der Waals surface area (Å²) in [6.07, 6.45) is 2.70. The van der Waals surface area contributed by atoms with Crippen LogP contribution in [0, 0.1) is 25.2 Å². The van der Waals surface area contributed by atoms with E-state index in [1.54, 1.807) is 48.7 Å². The fourth-order valence-electron chi connectivity index (χ4n) is 3.38. The number of halogens is 2. The molecule has 35 heavy (non-hydrogen) atoms. The third-order valence-corrected chi connectivity index (χ3v) is 5.94. The number of nitriles is 1. The lowest BCUT2D eigenvalue weighted by Gasteiger charge is -2.12. The number of amides is 1. The van der Waals surface area contributed by atoms with Crippen LogP contribution in [0.5, 0.6) is 11.6 Å². The number of fused-ring (bicyclic) bond motifs is 1. The molecule has 0 radical (unpaired) electrons. The van der Waals surface area contributed by atoms with E-state index in [2.05, 4.69) is 10.3 Å². The van der Waals surface area contributed by atoms with Crippen LogP contribution in [0.25, 0.3) is 11.7 Å². The lowest BCUT2D eigenvalue weighted by molar-refractivity contribution is -0.112. The van der Waals surface area contributed by atoms with Crippen molar-refractivity contribution in [2.24, 2.45) is 0 Å². The van der Waals surface area contributed by atoms with Crippen LogP contribution in [0.4, 0.5) is 5.69 Å². The van der Waals surface area contributed by atoms with Gasteiger partial charge in [-0.1, -0.05) is 53.0 Å². The molecule has 0 aliphatic rings. The zero-order chi connectivity index (χ0) is 25.1. The Morgan fingerprint density at radius 3 is 2.69 bits per heavy atom. The predicted molar refractivity (Wildman–Crippen MR) is 136 cm³/mol. The first-order valence-electron chi connectivity index (χ1n) is 10.4. The van der Waals surface area contributed by atoms with Gasteiger partial charge in [-0.05, 0) is 55.8 Å². The second-order valence-corrected chi connectivity index (χ2v) is 8.45. The number of hydrogen-bond donors (Lipinski definition) is 1. The van der Waals surface area contributed by atoms with Crippen LogP contribution in [0.15, 0.2) is 71.2 Å². The number of aromatic nitrogens is 2. The molecule has 0 fully saturated rings. The molecular weight excluding hydrogens is 487 g/mol. The average molecular weight is 505 g/mol. The van der Waals surface area contributed by atoms with E-state index in [1.807, 2.05) is 32.0 Å². The van der Waals surface area contributed by atoms with Crippen LogP contribution in [0.2, 0.25) is 10.0 Å². The van der Waals surface area contributed by atoms with E-state index in [4.69, 9.17) is 27.9 Å². The maximum Gasteiger partial charge on any atom is 0.269 e. The molecule has 0 saturated carbocycles. The molecule has 1 amide bonds. The summed E-state index contributed by atoms with van der Waals surface area (Å²) in [7, 11) is 0. The average Bonchev–Trinajstić information content (AvgIpc) is 2.83. The Balaban J connectivity index is 1.82. The number of hydrogen-bond acceptors (Lipinski definition) is 5. The highest BCUT2D eigenvalue weighted by Gasteiger charge is 2.19. The zero-order valence-electron chi connectivity index (χ0n) is 18.7. The minimum absolute atomic E-state index is 0.0329. The van der Waals surface area contributed by atoms with Crippen molar-refractivity contribution in [3.63, 3.8) is 0 Å². The molecular formula is C26H18Cl2N4O3. The van der Waals surface area contributed by atoms with Gasteiger partial charge in [-0.25, -0.2) is 0 Å². The summed E-state index contributed by atoms with van der Waals surface area (Å²) in [4.78, 5) is 30.7. The maximum atomic E-state index is 13.3. The van der Waals surface area contributed by atoms with Gasteiger partial charge in [-0.15, -0.1) is 0 Å². The first-order valence-corrected chi connectivity index (χ1v) is 11.2. The summed E-state index contributed by atoms with van der Waals surface area (Å²) < 4.78 is 7.32. The number of nitrogens with zero attached hydrogens (tertiary/aromatic N) is 3. The Morgan fingerprint density at radius 2 is 1.94 bits per heavy atom. The monoisotopic (exact) mass is 504 g/mol. The first-order chi connectivity index (χ1) is 16.8. The number of rotatable bonds is 5. The quantitative estimate of drug-likeness (QED) is 0.267. The van der Waals surface area contributed by atoms with Crippen LogP contribution in [-0.2, 0) is 4.79 Å². The molecule has 4 rings (SSSR count).